The maximum absolute atomic E-state index is 12.8. The number of carbonyl (C=O) groups excluding carboxylic acids is 1. The van der Waals surface area contributed by atoms with Gasteiger partial charge in [0.2, 0.25) is 12.3 Å². The normalized spacial score (nSPS) is 9.84. The van der Waals surface area contributed by atoms with Crippen molar-refractivity contribution in [1.29, 1.82) is 0 Å². The van der Waals surface area contributed by atoms with Gasteiger partial charge < -0.3 is 0 Å². The molecule has 0 atom stereocenters. The third-order valence-electron chi connectivity index (χ3n) is 3.09. The summed E-state index contributed by atoms with van der Waals surface area (Å²) < 4.78 is 14.7. The molecule has 1 aromatic heterocycles. The number of carbonyl (C=O) groups is 1. The largest absolute Gasteiger partial charge is 0.287 e. The molecule has 0 aliphatic rings. The molecule has 0 radical (unpaired) electrons. The first-order chi connectivity index (χ1) is 8.58. The van der Waals surface area contributed by atoms with Crippen molar-refractivity contribution in [2.45, 2.75) is 20.4 Å². The van der Waals surface area contributed by atoms with E-state index in [2.05, 4.69) is 0 Å². The Kier molecular flexibility index (Phi) is 5.36. The first-order valence-corrected chi connectivity index (χ1v) is 5.82. The number of Topliss-reactive ketones (excluding diaryl/α,β-unsaturated/α-hetero) is 1. The van der Waals surface area contributed by atoms with E-state index >= 15 is 0 Å². The van der Waals surface area contributed by atoms with Crippen molar-refractivity contribution < 1.29 is 13.8 Å². The fourth-order valence-corrected chi connectivity index (χ4v) is 1.80. The number of aryl methyl sites for hydroxylation is 1. The molecule has 100 valence electrons. The SMILES string of the molecule is Br.Cc1ccc[n+](CC(=O)c2ccc(F)cc2)c1C. The zero-order chi connectivity index (χ0) is 13.1. The molecule has 0 spiro atoms. The predicted octanol–water partition coefficient (Wildman–Crippen LogP) is 3.19. The summed E-state index contributed by atoms with van der Waals surface area (Å²) in [7, 11) is 0. The van der Waals surface area contributed by atoms with Crippen LogP contribution in [0.25, 0.3) is 0 Å². The van der Waals surface area contributed by atoms with Crippen molar-refractivity contribution in [1.82, 2.24) is 0 Å². The van der Waals surface area contributed by atoms with Crippen LogP contribution in [-0.4, -0.2) is 5.78 Å². The van der Waals surface area contributed by atoms with Crippen molar-refractivity contribution in [3.05, 3.63) is 65.2 Å². The summed E-state index contributed by atoms with van der Waals surface area (Å²) in [6, 6.07) is 9.57. The molecule has 0 fully saturated rings. The summed E-state index contributed by atoms with van der Waals surface area (Å²) in [5, 5.41) is 0. The van der Waals surface area contributed by atoms with Crippen LogP contribution in [0.15, 0.2) is 42.6 Å². The highest BCUT2D eigenvalue weighted by atomic mass is 79.9. The molecule has 0 N–H and O–H groups in total. The number of hydrogen-bond acceptors (Lipinski definition) is 1. The van der Waals surface area contributed by atoms with Gasteiger partial charge in [-0.3, -0.25) is 4.79 Å². The van der Waals surface area contributed by atoms with E-state index in [1.54, 1.807) is 0 Å². The molecule has 0 saturated carbocycles. The molecule has 2 nitrogen and oxygen atoms in total. The molecule has 2 aromatic rings. The van der Waals surface area contributed by atoms with Gasteiger partial charge in [0.05, 0.1) is 0 Å². The molecule has 0 amide bonds. The van der Waals surface area contributed by atoms with Crippen LogP contribution >= 0.6 is 17.0 Å². The van der Waals surface area contributed by atoms with Gasteiger partial charge in [-0.15, -0.1) is 17.0 Å². The van der Waals surface area contributed by atoms with Gasteiger partial charge >= 0.3 is 0 Å². The summed E-state index contributed by atoms with van der Waals surface area (Å²) >= 11 is 0. The fraction of sp³-hybridized carbons (Fsp3) is 0.200. The van der Waals surface area contributed by atoms with Gasteiger partial charge in [-0.1, -0.05) is 0 Å². The molecule has 0 bridgehead atoms. The van der Waals surface area contributed by atoms with Crippen LogP contribution in [0.5, 0.6) is 0 Å². The van der Waals surface area contributed by atoms with Gasteiger partial charge in [0.25, 0.3) is 0 Å². The van der Waals surface area contributed by atoms with E-state index in [9.17, 15) is 9.18 Å². The van der Waals surface area contributed by atoms with Crippen molar-refractivity contribution in [2.75, 3.05) is 0 Å². The van der Waals surface area contributed by atoms with Crippen LogP contribution in [0, 0.1) is 19.7 Å². The topological polar surface area (TPSA) is 20.9 Å². The minimum atomic E-state index is -0.328. The zero-order valence-corrected chi connectivity index (χ0v) is 12.6. The highest BCUT2D eigenvalue weighted by Crippen LogP contribution is 2.05. The van der Waals surface area contributed by atoms with Crippen LogP contribution < -0.4 is 4.57 Å². The predicted molar refractivity (Wildman–Crippen MR) is 77.2 cm³/mol. The highest BCUT2D eigenvalue weighted by Gasteiger charge is 2.15. The summed E-state index contributed by atoms with van der Waals surface area (Å²) in [4.78, 5) is 12.0. The number of benzene rings is 1. The van der Waals surface area contributed by atoms with Crippen molar-refractivity contribution in [3.63, 3.8) is 0 Å². The van der Waals surface area contributed by atoms with Crippen LogP contribution in [0.3, 0.4) is 0 Å². The number of ketones is 1. The third-order valence-corrected chi connectivity index (χ3v) is 3.09. The zero-order valence-electron chi connectivity index (χ0n) is 10.9. The highest BCUT2D eigenvalue weighted by molar-refractivity contribution is 8.93. The van der Waals surface area contributed by atoms with Crippen LogP contribution in [0.4, 0.5) is 4.39 Å². The van der Waals surface area contributed by atoms with Crippen molar-refractivity contribution in [2.24, 2.45) is 0 Å². The van der Waals surface area contributed by atoms with Gasteiger partial charge in [-0.2, -0.15) is 4.57 Å². The van der Waals surface area contributed by atoms with Crippen LogP contribution in [0.2, 0.25) is 0 Å². The Balaban J connectivity index is 0.00000180. The van der Waals surface area contributed by atoms with E-state index in [0.717, 1.165) is 11.3 Å². The average Bonchev–Trinajstić information content (AvgIpc) is 2.36. The van der Waals surface area contributed by atoms with Gasteiger partial charge in [0.15, 0.2) is 11.9 Å². The second-order valence-electron chi connectivity index (χ2n) is 4.33. The molecule has 1 aromatic carbocycles. The molecular weight excluding hydrogens is 309 g/mol. The Labute approximate surface area is 122 Å². The quantitative estimate of drug-likeness (QED) is 0.627. The fourth-order valence-electron chi connectivity index (χ4n) is 1.80. The van der Waals surface area contributed by atoms with E-state index in [4.69, 9.17) is 0 Å². The number of halogens is 2. The third kappa shape index (κ3) is 3.70. The summed E-state index contributed by atoms with van der Waals surface area (Å²) in [6.07, 6.45) is 1.88. The lowest BCUT2D eigenvalue weighted by Gasteiger charge is -2.02. The van der Waals surface area contributed by atoms with Gasteiger partial charge in [-0.05, 0) is 37.3 Å². The van der Waals surface area contributed by atoms with Crippen molar-refractivity contribution >= 4 is 22.8 Å². The maximum Gasteiger partial charge on any atom is 0.227 e. The standard InChI is InChI=1S/C15H15FNO.BrH/c1-11-4-3-9-17(12(11)2)10-15(18)13-5-7-14(16)8-6-13;/h3-9H,10H2,1-2H3;1H/q+1;. The lowest BCUT2D eigenvalue weighted by molar-refractivity contribution is -0.689. The number of pyridine rings is 1. The second-order valence-corrected chi connectivity index (χ2v) is 4.33. The van der Waals surface area contributed by atoms with Gasteiger partial charge in [-0.25, -0.2) is 4.39 Å². The molecule has 0 saturated heterocycles. The van der Waals surface area contributed by atoms with Crippen molar-refractivity contribution in [3.8, 4) is 0 Å². The van der Waals surface area contributed by atoms with E-state index < -0.39 is 0 Å². The number of rotatable bonds is 3. The average molecular weight is 325 g/mol. The van der Waals surface area contributed by atoms with Crippen LogP contribution in [0.1, 0.15) is 21.6 Å². The van der Waals surface area contributed by atoms with E-state index in [0.29, 0.717) is 5.56 Å². The lowest BCUT2D eigenvalue weighted by atomic mass is 10.1. The first kappa shape index (κ1) is 15.5. The molecule has 19 heavy (non-hydrogen) atoms. The smallest absolute Gasteiger partial charge is 0.227 e. The van der Waals surface area contributed by atoms with Gasteiger partial charge in [0.1, 0.15) is 5.82 Å². The van der Waals surface area contributed by atoms with E-state index in [-0.39, 0.29) is 35.1 Å². The van der Waals surface area contributed by atoms with E-state index in [1.165, 1.54) is 24.3 Å². The number of nitrogens with zero attached hydrogens (tertiary/aromatic N) is 1. The Morgan fingerprint density at radius 3 is 2.42 bits per heavy atom. The van der Waals surface area contributed by atoms with E-state index in [1.807, 2.05) is 36.7 Å². The number of hydrogen-bond donors (Lipinski definition) is 0. The molecule has 4 heteroatoms. The molecule has 0 aliphatic carbocycles. The maximum atomic E-state index is 12.8. The molecular formula is C15H16BrFNO+. The molecule has 0 aliphatic heterocycles. The molecule has 2 rings (SSSR count). The Hall–Kier alpha value is -1.55. The minimum absolute atomic E-state index is 0. The summed E-state index contributed by atoms with van der Waals surface area (Å²) in [6.45, 7) is 4.26. The Morgan fingerprint density at radius 2 is 1.79 bits per heavy atom. The Morgan fingerprint density at radius 1 is 1.16 bits per heavy atom. The Bertz CT molecular complexity index is 581. The lowest BCUT2D eigenvalue weighted by Crippen LogP contribution is -2.41. The minimum Gasteiger partial charge on any atom is -0.287 e. The van der Waals surface area contributed by atoms with Crippen LogP contribution in [-0.2, 0) is 6.54 Å². The number of aromatic nitrogens is 1. The first-order valence-electron chi connectivity index (χ1n) is 5.82. The van der Waals surface area contributed by atoms with Gasteiger partial charge in [0, 0.05) is 24.1 Å². The monoisotopic (exact) mass is 324 g/mol. The second kappa shape index (κ2) is 6.57. The molecule has 1 heterocycles. The summed E-state index contributed by atoms with van der Waals surface area (Å²) in [5.41, 5.74) is 2.74. The summed E-state index contributed by atoms with van der Waals surface area (Å²) in [5.74, 6) is -0.348. The molecule has 0 unspecified atom stereocenters.